The number of likely N-dealkylation sites (tertiary alicyclic amines) is 1. The summed E-state index contributed by atoms with van der Waals surface area (Å²) in [5, 5.41) is 8.77. The standard InChI is InChI=1S/C21H20N6O/c1-2-19(16-5-9-27(10-6-16)13-20-26-24-14-28-20)25-21-17(1)11-18(12-23-21)15-3-7-22-8-4-15/h1-4,7-8,11-12,14,16H,5-6,9-10,13H2. The van der Waals surface area contributed by atoms with Gasteiger partial charge in [-0.3, -0.25) is 9.88 Å². The van der Waals surface area contributed by atoms with E-state index in [0.717, 1.165) is 60.3 Å². The molecule has 0 unspecified atom stereocenters. The molecule has 0 radical (unpaired) electrons. The third kappa shape index (κ3) is 3.48. The zero-order valence-electron chi connectivity index (χ0n) is 15.4. The van der Waals surface area contributed by atoms with Crippen LogP contribution in [0.1, 0.15) is 30.3 Å². The van der Waals surface area contributed by atoms with E-state index in [1.165, 1.54) is 6.39 Å². The van der Waals surface area contributed by atoms with Crippen molar-refractivity contribution in [2.45, 2.75) is 25.3 Å². The molecule has 1 aliphatic heterocycles. The molecule has 5 rings (SSSR count). The first-order valence-electron chi connectivity index (χ1n) is 9.50. The largest absolute Gasteiger partial charge is 0.427 e. The van der Waals surface area contributed by atoms with E-state index in [1.807, 2.05) is 18.3 Å². The Hall–Kier alpha value is -3.19. The van der Waals surface area contributed by atoms with Crippen LogP contribution in [0.2, 0.25) is 0 Å². The van der Waals surface area contributed by atoms with Gasteiger partial charge in [0, 0.05) is 41.2 Å². The molecule has 0 aromatic carbocycles. The number of hydrogen-bond acceptors (Lipinski definition) is 7. The van der Waals surface area contributed by atoms with Crippen LogP contribution in [0, 0.1) is 0 Å². The van der Waals surface area contributed by atoms with Gasteiger partial charge in [-0.2, -0.15) is 0 Å². The van der Waals surface area contributed by atoms with Gasteiger partial charge in [-0.25, -0.2) is 9.97 Å². The molecular formula is C21H20N6O. The highest BCUT2D eigenvalue weighted by Gasteiger charge is 2.23. The van der Waals surface area contributed by atoms with Crippen LogP contribution in [0.25, 0.3) is 22.2 Å². The number of fused-ring (bicyclic) bond motifs is 1. The SMILES string of the molecule is c1cc(-c2cnc3nc(C4CCN(Cc5nnco5)CC4)ccc3c2)ccn1. The lowest BCUT2D eigenvalue weighted by Gasteiger charge is -2.30. The van der Waals surface area contributed by atoms with Gasteiger partial charge < -0.3 is 4.42 Å². The molecule has 28 heavy (non-hydrogen) atoms. The first-order chi connectivity index (χ1) is 13.8. The van der Waals surface area contributed by atoms with E-state index >= 15 is 0 Å². The molecule has 0 aliphatic carbocycles. The highest BCUT2D eigenvalue weighted by molar-refractivity contribution is 5.80. The van der Waals surface area contributed by atoms with Crippen LogP contribution in [0.15, 0.2) is 59.7 Å². The monoisotopic (exact) mass is 372 g/mol. The van der Waals surface area contributed by atoms with Crippen LogP contribution in [-0.4, -0.2) is 43.1 Å². The minimum absolute atomic E-state index is 0.463. The van der Waals surface area contributed by atoms with Crippen molar-refractivity contribution in [3.63, 3.8) is 0 Å². The van der Waals surface area contributed by atoms with Crippen LogP contribution in [0.4, 0.5) is 0 Å². The maximum absolute atomic E-state index is 5.25. The molecule has 4 aromatic rings. The fraction of sp³-hybridized carbons (Fsp3) is 0.286. The van der Waals surface area contributed by atoms with Crippen molar-refractivity contribution < 1.29 is 4.42 Å². The van der Waals surface area contributed by atoms with Crippen LogP contribution < -0.4 is 0 Å². The Morgan fingerprint density at radius 2 is 1.89 bits per heavy atom. The molecule has 4 aromatic heterocycles. The molecule has 0 spiro atoms. The summed E-state index contributed by atoms with van der Waals surface area (Å²) in [6.45, 7) is 2.72. The maximum Gasteiger partial charge on any atom is 0.230 e. The maximum atomic E-state index is 5.25. The van der Waals surface area contributed by atoms with Crippen LogP contribution in [-0.2, 0) is 6.54 Å². The summed E-state index contributed by atoms with van der Waals surface area (Å²) < 4.78 is 5.25. The molecule has 5 heterocycles. The van der Waals surface area contributed by atoms with Crippen molar-refractivity contribution in [2.24, 2.45) is 0 Å². The van der Waals surface area contributed by atoms with Crippen molar-refractivity contribution in [2.75, 3.05) is 13.1 Å². The van der Waals surface area contributed by atoms with Crippen molar-refractivity contribution >= 4 is 11.0 Å². The Kier molecular flexibility index (Phi) is 4.50. The van der Waals surface area contributed by atoms with E-state index in [2.05, 4.69) is 43.3 Å². The van der Waals surface area contributed by atoms with Crippen LogP contribution in [0.3, 0.4) is 0 Å². The molecule has 0 saturated carbocycles. The summed E-state index contributed by atoms with van der Waals surface area (Å²) in [7, 11) is 0. The molecule has 0 N–H and O–H groups in total. The minimum atomic E-state index is 0.463. The van der Waals surface area contributed by atoms with Gasteiger partial charge in [-0.15, -0.1) is 10.2 Å². The molecule has 7 nitrogen and oxygen atoms in total. The van der Waals surface area contributed by atoms with E-state index in [9.17, 15) is 0 Å². The quantitative estimate of drug-likeness (QED) is 0.543. The number of pyridine rings is 3. The number of aromatic nitrogens is 5. The van der Waals surface area contributed by atoms with Gasteiger partial charge in [0.05, 0.1) is 6.54 Å². The summed E-state index contributed by atoms with van der Waals surface area (Å²) in [4.78, 5) is 15.9. The lowest BCUT2D eigenvalue weighted by Crippen LogP contribution is -2.32. The molecular weight excluding hydrogens is 352 g/mol. The molecule has 140 valence electrons. The topological polar surface area (TPSA) is 80.8 Å². The predicted molar refractivity (Wildman–Crippen MR) is 104 cm³/mol. The first kappa shape index (κ1) is 16.9. The van der Waals surface area contributed by atoms with Gasteiger partial charge >= 0.3 is 0 Å². The van der Waals surface area contributed by atoms with Crippen LogP contribution >= 0.6 is 0 Å². The van der Waals surface area contributed by atoms with Gasteiger partial charge in [0.2, 0.25) is 12.3 Å². The normalized spacial score (nSPS) is 15.9. The van der Waals surface area contributed by atoms with E-state index in [1.54, 1.807) is 12.4 Å². The Morgan fingerprint density at radius 3 is 2.68 bits per heavy atom. The van der Waals surface area contributed by atoms with Crippen molar-refractivity contribution in [3.05, 3.63) is 66.9 Å². The van der Waals surface area contributed by atoms with Crippen molar-refractivity contribution in [1.29, 1.82) is 0 Å². The van der Waals surface area contributed by atoms with Gasteiger partial charge in [0.15, 0.2) is 5.65 Å². The summed E-state index contributed by atoms with van der Waals surface area (Å²) in [5.74, 6) is 1.14. The first-order valence-corrected chi connectivity index (χ1v) is 9.50. The zero-order chi connectivity index (χ0) is 18.8. The highest BCUT2D eigenvalue weighted by Crippen LogP contribution is 2.29. The van der Waals surface area contributed by atoms with Gasteiger partial charge in [0.25, 0.3) is 0 Å². The van der Waals surface area contributed by atoms with Gasteiger partial charge in [-0.1, -0.05) is 0 Å². The molecule has 0 atom stereocenters. The fourth-order valence-corrected chi connectivity index (χ4v) is 3.80. The number of piperidine rings is 1. The number of hydrogen-bond donors (Lipinski definition) is 0. The second-order valence-electron chi connectivity index (χ2n) is 7.13. The average molecular weight is 372 g/mol. The summed E-state index contributed by atoms with van der Waals surface area (Å²) in [6, 6.07) is 10.4. The van der Waals surface area contributed by atoms with Gasteiger partial charge in [-0.05, 0) is 61.8 Å². The van der Waals surface area contributed by atoms with Crippen LogP contribution in [0.5, 0.6) is 0 Å². The highest BCUT2D eigenvalue weighted by atomic mass is 16.4. The second-order valence-corrected chi connectivity index (χ2v) is 7.13. The lowest BCUT2D eigenvalue weighted by atomic mass is 9.93. The average Bonchev–Trinajstić information content (AvgIpc) is 3.27. The number of nitrogens with zero attached hydrogens (tertiary/aromatic N) is 6. The molecule has 1 saturated heterocycles. The molecule has 0 amide bonds. The second kappa shape index (κ2) is 7.44. The van der Waals surface area contributed by atoms with Crippen molar-refractivity contribution in [1.82, 2.24) is 30.0 Å². The zero-order valence-corrected chi connectivity index (χ0v) is 15.4. The Labute approximate surface area is 162 Å². The molecule has 1 fully saturated rings. The summed E-state index contributed by atoms with van der Waals surface area (Å²) in [6.07, 6.45) is 9.01. The smallest absolute Gasteiger partial charge is 0.230 e. The third-order valence-electron chi connectivity index (χ3n) is 5.35. The molecule has 0 bridgehead atoms. The Morgan fingerprint density at radius 1 is 1.04 bits per heavy atom. The Balaban J connectivity index is 1.30. The third-order valence-corrected chi connectivity index (χ3v) is 5.35. The molecule has 7 heteroatoms. The van der Waals surface area contributed by atoms with E-state index in [0.29, 0.717) is 11.8 Å². The van der Waals surface area contributed by atoms with E-state index in [-0.39, 0.29) is 0 Å². The van der Waals surface area contributed by atoms with E-state index < -0.39 is 0 Å². The number of rotatable bonds is 4. The summed E-state index contributed by atoms with van der Waals surface area (Å²) >= 11 is 0. The lowest BCUT2D eigenvalue weighted by molar-refractivity contribution is 0.186. The summed E-state index contributed by atoms with van der Waals surface area (Å²) in [5.41, 5.74) is 4.14. The van der Waals surface area contributed by atoms with Gasteiger partial charge in [0.1, 0.15) is 0 Å². The fourth-order valence-electron chi connectivity index (χ4n) is 3.80. The predicted octanol–water partition coefficient (Wildman–Crippen LogP) is 3.45. The van der Waals surface area contributed by atoms with E-state index in [4.69, 9.17) is 9.40 Å². The Bertz CT molecular complexity index is 1060. The van der Waals surface area contributed by atoms with Crippen molar-refractivity contribution in [3.8, 4) is 11.1 Å². The molecule has 1 aliphatic rings. The minimum Gasteiger partial charge on any atom is -0.427 e.